The molecule has 2 aromatic carbocycles. The first-order valence-electron chi connectivity index (χ1n) is 13.6. The van der Waals surface area contributed by atoms with Gasteiger partial charge in [-0.05, 0) is 43.5 Å². The van der Waals surface area contributed by atoms with Crippen LogP contribution in [0, 0.1) is 18.8 Å². The van der Waals surface area contributed by atoms with E-state index in [1.807, 2.05) is 54.6 Å². The van der Waals surface area contributed by atoms with Crippen LogP contribution in [0.25, 0.3) is 0 Å². The number of nitrogens with one attached hydrogen (secondary N) is 2. The van der Waals surface area contributed by atoms with Crippen LogP contribution in [0.5, 0.6) is 5.75 Å². The Bertz CT molecular complexity index is 1500. The van der Waals surface area contributed by atoms with Crippen molar-refractivity contribution in [3.05, 3.63) is 89.7 Å². The van der Waals surface area contributed by atoms with Gasteiger partial charge in [-0.25, -0.2) is 0 Å². The maximum absolute atomic E-state index is 14.2. The SMILES string of the molecule is COc1ccc(CCN2C(=O)[C@@H]3[C@@H](C(=O)Nc4cc(C)on4)[C@@]4(C)C=C[C@@]3(O4)[C@H]2C(=O)NCc2ccccc2)cc1. The Kier molecular flexibility index (Phi) is 6.65. The molecule has 5 atom stereocenters. The number of hydrogen-bond donors (Lipinski definition) is 2. The van der Waals surface area contributed by atoms with Crippen LogP contribution < -0.4 is 15.4 Å². The average Bonchev–Trinajstić information content (AvgIpc) is 3.68. The van der Waals surface area contributed by atoms with E-state index < -0.39 is 35.0 Å². The standard InChI is InChI=1S/C31H32N4O6/c1-19-17-23(34-40-19)33-27(36)24-25-29(38)35(16-13-20-9-11-22(39-3)12-10-20)26(31(25)15-14-30(24,2)41-31)28(37)32-18-21-7-5-4-6-8-21/h4-12,14-15,17,24-26H,13,16,18H2,1-3H3,(H,32,37)(H,33,34,36)/t24-,25-,26+,30+,31-/m0/s1. The first-order valence-corrected chi connectivity index (χ1v) is 13.6. The quantitative estimate of drug-likeness (QED) is 0.389. The molecule has 2 bridgehead atoms. The van der Waals surface area contributed by atoms with Crippen LogP contribution in [0.15, 0.2) is 77.3 Å². The summed E-state index contributed by atoms with van der Waals surface area (Å²) >= 11 is 0. The number of benzene rings is 2. The fraction of sp³-hybridized carbons (Fsp3) is 0.355. The number of anilines is 1. The summed E-state index contributed by atoms with van der Waals surface area (Å²) in [4.78, 5) is 43.3. The van der Waals surface area contributed by atoms with Crippen molar-refractivity contribution in [3.8, 4) is 5.75 Å². The normalized spacial score (nSPS) is 27.6. The van der Waals surface area contributed by atoms with Crippen molar-refractivity contribution in [1.82, 2.24) is 15.4 Å². The summed E-state index contributed by atoms with van der Waals surface area (Å²) in [5.41, 5.74) is -0.430. The molecular formula is C31H32N4O6. The van der Waals surface area contributed by atoms with E-state index in [-0.39, 0.29) is 24.2 Å². The minimum Gasteiger partial charge on any atom is -0.497 e. The average molecular weight is 557 g/mol. The van der Waals surface area contributed by atoms with E-state index in [0.717, 1.165) is 16.9 Å². The number of likely N-dealkylation sites (tertiary alicyclic amines) is 1. The predicted molar refractivity (Wildman–Crippen MR) is 149 cm³/mol. The van der Waals surface area contributed by atoms with Crippen LogP contribution in [-0.4, -0.2) is 58.7 Å². The second kappa shape index (κ2) is 10.2. The lowest BCUT2D eigenvalue weighted by atomic mass is 9.70. The topological polar surface area (TPSA) is 123 Å². The van der Waals surface area contributed by atoms with E-state index in [9.17, 15) is 14.4 Å². The number of ether oxygens (including phenoxy) is 2. The zero-order chi connectivity index (χ0) is 28.8. The Labute approximate surface area is 237 Å². The molecule has 1 spiro atoms. The van der Waals surface area contributed by atoms with Crippen LogP contribution in [-0.2, 0) is 32.1 Å². The Morgan fingerprint density at radius 2 is 1.80 bits per heavy atom. The Morgan fingerprint density at radius 1 is 1.05 bits per heavy atom. The van der Waals surface area contributed by atoms with Gasteiger partial charge in [0.05, 0.1) is 24.5 Å². The molecule has 3 aliphatic heterocycles. The van der Waals surface area contributed by atoms with E-state index in [1.54, 1.807) is 44.1 Å². The molecule has 1 aromatic heterocycles. The van der Waals surface area contributed by atoms with Gasteiger partial charge in [0.2, 0.25) is 17.7 Å². The predicted octanol–water partition coefficient (Wildman–Crippen LogP) is 3.03. The number of hydrogen-bond acceptors (Lipinski definition) is 7. The largest absolute Gasteiger partial charge is 0.497 e. The van der Waals surface area contributed by atoms with Gasteiger partial charge in [-0.2, -0.15) is 0 Å². The van der Waals surface area contributed by atoms with Crippen molar-refractivity contribution in [2.24, 2.45) is 11.8 Å². The molecule has 212 valence electrons. The lowest BCUT2D eigenvalue weighted by Crippen LogP contribution is -2.55. The summed E-state index contributed by atoms with van der Waals surface area (Å²) in [6, 6.07) is 17.8. The molecule has 0 aliphatic carbocycles. The molecule has 3 aliphatic rings. The third-order valence-corrected chi connectivity index (χ3v) is 8.32. The van der Waals surface area contributed by atoms with Gasteiger partial charge in [0.25, 0.3) is 0 Å². The molecule has 41 heavy (non-hydrogen) atoms. The van der Waals surface area contributed by atoms with Gasteiger partial charge in [-0.3, -0.25) is 14.4 Å². The van der Waals surface area contributed by atoms with Crippen molar-refractivity contribution in [2.75, 3.05) is 19.0 Å². The van der Waals surface area contributed by atoms with Crippen LogP contribution in [0.4, 0.5) is 5.82 Å². The number of fused-ring (bicyclic) bond motifs is 1. The van der Waals surface area contributed by atoms with E-state index in [4.69, 9.17) is 14.0 Å². The molecule has 4 heterocycles. The van der Waals surface area contributed by atoms with E-state index in [1.165, 1.54) is 0 Å². The Morgan fingerprint density at radius 3 is 2.49 bits per heavy atom. The number of carbonyl (C=O) groups excluding carboxylic acids is 3. The third-order valence-electron chi connectivity index (χ3n) is 8.32. The monoisotopic (exact) mass is 556 g/mol. The number of amides is 3. The van der Waals surface area contributed by atoms with Crippen LogP contribution in [0.2, 0.25) is 0 Å². The molecule has 3 aromatic rings. The summed E-state index contributed by atoms with van der Waals surface area (Å²) in [5.74, 6) is -1.24. The summed E-state index contributed by atoms with van der Waals surface area (Å²) in [6.07, 6.45) is 4.12. The molecule has 2 saturated heterocycles. The van der Waals surface area contributed by atoms with E-state index in [0.29, 0.717) is 18.7 Å². The van der Waals surface area contributed by atoms with Gasteiger partial charge < -0.3 is 29.5 Å². The minimum absolute atomic E-state index is 0.260. The molecule has 2 N–H and O–H groups in total. The van der Waals surface area contributed by atoms with Gasteiger partial charge in [-0.15, -0.1) is 0 Å². The van der Waals surface area contributed by atoms with Crippen molar-refractivity contribution >= 4 is 23.5 Å². The lowest BCUT2D eigenvalue weighted by molar-refractivity contribution is -0.144. The van der Waals surface area contributed by atoms with Gasteiger partial charge in [0.15, 0.2) is 5.82 Å². The number of carbonyl (C=O) groups is 3. The van der Waals surface area contributed by atoms with Gasteiger partial charge >= 0.3 is 0 Å². The highest BCUT2D eigenvalue weighted by atomic mass is 16.5. The van der Waals surface area contributed by atoms with E-state index >= 15 is 0 Å². The highest BCUT2D eigenvalue weighted by molar-refractivity contribution is 6.03. The molecule has 2 fully saturated rings. The summed E-state index contributed by atoms with van der Waals surface area (Å²) in [7, 11) is 1.61. The smallest absolute Gasteiger partial charge is 0.246 e. The number of aromatic nitrogens is 1. The van der Waals surface area contributed by atoms with Crippen molar-refractivity contribution in [3.63, 3.8) is 0 Å². The van der Waals surface area contributed by atoms with Gasteiger partial charge in [0, 0.05) is 19.2 Å². The fourth-order valence-corrected chi connectivity index (χ4v) is 6.42. The molecule has 10 nitrogen and oxygen atoms in total. The zero-order valence-electron chi connectivity index (χ0n) is 23.1. The van der Waals surface area contributed by atoms with Crippen LogP contribution in [0.1, 0.15) is 23.8 Å². The highest BCUT2D eigenvalue weighted by Crippen LogP contribution is 2.59. The number of nitrogens with zero attached hydrogens (tertiary/aromatic N) is 2. The molecular weight excluding hydrogens is 524 g/mol. The first-order chi connectivity index (χ1) is 19.7. The van der Waals surface area contributed by atoms with Crippen LogP contribution >= 0.6 is 0 Å². The van der Waals surface area contributed by atoms with Crippen molar-refractivity contribution in [2.45, 2.75) is 44.1 Å². The second-order valence-corrected chi connectivity index (χ2v) is 11.0. The van der Waals surface area contributed by atoms with E-state index in [2.05, 4.69) is 15.8 Å². The second-order valence-electron chi connectivity index (χ2n) is 11.0. The van der Waals surface area contributed by atoms with Gasteiger partial charge in [0.1, 0.15) is 23.2 Å². The summed E-state index contributed by atoms with van der Waals surface area (Å²) in [6.45, 7) is 4.08. The summed E-state index contributed by atoms with van der Waals surface area (Å²) < 4.78 is 16.9. The molecule has 6 rings (SSSR count). The Hall–Kier alpha value is -4.44. The lowest BCUT2D eigenvalue weighted by Gasteiger charge is -2.33. The van der Waals surface area contributed by atoms with Crippen molar-refractivity contribution in [1.29, 1.82) is 0 Å². The molecule has 0 saturated carbocycles. The third kappa shape index (κ3) is 4.58. The van der Waals surface area contributed by atoms with Crippen LogP contribution in [0.3, 0.4) is 0 Å². The zero-order valence-corrected chi connectivity index (χ0v) is 23.1. The number of methoxy groups -OCH3 is 1. The first kappa shape index (κ1) is 26.8. The maximum Gasteiger partial charge on any atom is 0.246 e. The molecule has 0 radical (unpaired) electrons. The molecule has 3 amide bonds. The van der Waals surface area contributed by atoms with Gasteiger partial charge in [-0.1, -0.05) is 59.8 Å². The highest BCUT2D eigenvalue weighted by Gasteiger charge is 2.76. The maximum atomic E-state index is 14.2. The fourth-order valence-electron chi connectivity index (χ4n) is 6.42. The Balaban J connectivity index is 1.30. The summed E-state index contributed by atoms with van der Waals surface area (Å²) in [5, 5.41) is 9.65. The molecule has 0 unspecified atom stereocenters. The minimum atomic E-state index is -1.28. The number of aryl methyl sites for hydroxylation is 1. The van der Waals surface area contributed by atoms with Crippen molar-refractivity contribution < 1.29 is 28.4 Å². The molecule has 10 heteroatoms. The number of rotatable bonds is 9.